The molecular weight excluding hydrogens is 274 g/mol. The van der Waals surface area contributed by atoms with Crippen molar-refractivity contribution in [1.82, 2.24) is 15.4 Å². The van der Waals surface area contributed by atoms with E-state index < -0.39 is 20.9 Å². The molecule has 10 heteroatoms. The monoisotopic (exact) mass is 283 g/mol. The van der Waals surface area contributed by atoms with Gasteiger partial charge in [-0.3, -0.25) is 9.35 Å². The fourth-order valence-corrected chi connectivity index (χ4v) is 2.13. The molecule has 0 spiro atoms. The molecule has 9 nitrogen and oxygen atoms in total. The van der Waals surface area contributed by atoms with Gasteiger partial charge in [0.1, 0.15) is 10.6 Å². The summed E-state index contributed by atoms with van der Waals surface area (Å²) >= 11 is 0. The second kappa shape index (κ2) is 4.33. The molecule has 1 amide bonds. The third-order valence-electron chi connectivity index (χ3n) is 2.34. The van der Waals surface area contributed by atoms with Gasteiger partial charge in [-0.1, -0.05) is 6.07 Å². The van der Waals surface area contributed by atoms with E-state index in [9.17, 15) is 13.2 Å². The molecule has 2 aromatic rings. The van der Waals surface area contributed by atoms with Gasteiger partial charge in [-0.15, -0.1) is 0 Å². The van der Waals surface area contributed by atoms with E-state index in [0.717, 1.165) is 6.07 Å². The predicted molar refractivity (Wildman–Crippen MR) is 64.6 cm³/mol. The summed E-state index contributed by atoms with van der Waals surface area (Å²) in [6.07, 6.45) is 0. The van der Waals surface area contributed by atoms with Crippen molar-refractivity contribution in [3.8, 4) is 11.3 Å². The van der Waals surface area contributed by atoms with Gasteiger partial charge in [0.05, 0.1) is 5.69 Å². The largest absolute Gasteiger partial charge is 0.398 e. The van der Waals surface area contributed by atoms with Crippen molar-refractivity contribution in [2.24, 2.45) is 5.73 Å². The first-order valence-corrected chi connectivity index (χ1v) is 6.32. The Kier molecular flexibility index (Phi) is 2.96. The van der Waals surface area contributed by atoms with Gasteiger partial charge in [0.15, 0.2) is 5.69 Å². The van der Waals surface area contributed by atoms with Gasteiger partial charge in [0.2, 0.25) is 0 Å². The molecule has 0 aliphatic carbocycles. The lowest BCUT2D eigenvalue weighted by Crippen LogP contribution is -2.13. The zero-order chi connectivity index (χ0) is 14.2. The number of carbonyl (C=O) groups is 1. The number of hydrogen-bond donors (Lipinski definition) is 4. The van der Waals surface area contributed by atoms with Crippen molar-refractivity contribution in [2.45, 2.75) is 4.90 Å². The zero-order valence-corrected chi connectivity index (χ0v) is 10.2. The predicted octanol–water partition coefficient (Wildman–Crippen LogP) is -0.601. The first kappa shape index (κ1) is 13.0. The van der Waals surface area contributed by atoms with Crippen LogP contribution in [0.3, 0.4) is 0 Å². The van der Waals surface area contributed by atoms with Crippen LogP contribution < -0.4 is 11.5 Å². The van der Waals surface area contributed by atoms with Gasteiger partial charge in [-0.05, 0) is 12.1 Å². The number of nitrogens with two attached hydrogens (primary N) is 2. The van der Waals surface area contributed by atoms with Crippen LogP contribution in [0.4, 0.5) is 5.69 Å². The Balaban J connectivity index is 2.57. The summed E-state index contributed by atoms with van der Waals surface area (Å²) in [4.78, 5) is 10.7. The molecule has 1 aromatic heterocycles. The average Bonchev–Trinajstić information content (AvgIpc) is 2.75. The van der Waals surface area contributed by atoms with E-state index in [4.69, 9.17) is 16.0 Å². The summed E-state index contributed by atoms with van der Waals surface area (Å²) in [6, 6.07) is 3.66. The first-order valence-electron chi connectivity index (χ1n) is 4.88. The number of benzene rings is 1. The van der Waals surface area contributed by atoms with E-state index in [1.165, 1.54) is 12.1 Å². The van der Waals surface area contributed by atoms with Gasteiger partial charge in [0, 0.05) is 5.56 Å². The highest BCUT2D eigenvalue weighted by Gasteiger charge is 2.18. The smallest absolute Gasteiger partial charge is 0.296 e. The number of carbonyl (C=O) groups excluding carboxylic acids is 1. The van der Waals surface area contributed by atoms with Crippen LogP contribution in [0.1, 0.15) is 10.5 Å². The molecule has 2 rings (SSSR count). The molecule has 1 aromatic carbocycles. The minimum atomic E-state index is -4.41. The summed E-state index contributed by atoms with van der Waals surface area (Å²) in [7, 11) is -4.41. The number of amides is 1. The number of hydrogen-bond acceptors (Lipinski definition) is 6. The molecule has 19 heavy (non-hydrogen) atoms. The highest BCUT2D eigenvalue weighted by Crippen LogP contribution is 2.26. The maximum atomic E-state index is 11.1. The fourth-order valence-electron chi connectivity index (χ4n) is 1.53. The molecule has 0 unspecified atom stereocenters. The summed E-state index contributed by atoms with van der Waals surface area (Å²) in [6.45, 7) is 0. The molecule has 0 aliphatic heterocycles. The van der Waals surface area contributed by atoms with Gasteiger partial charge in [-0.25, -0.2) is 0 Å². The van der Waals surface area contributed by atoms with Gasteiger partial charge in [-0.2, -0.15) is 23.8 Å². The number of anilines is 1. The van der Waals surface area contributed by atoms with E-state index in [1.54, 1.807) is 0 Å². The molecule has 0 atom stereocenters. The van der Waals surface area contributed by atoms with E-state index in [2.05, 4.69) is 15.4 Å². The molecule has 1 heterocycles. The molecule has 100 valence electrons. The van der Waals surface area contributed by atoms with Crippen LogP contribution in [0.5, 0.6) is 0 Å². The Labute approximate surface area is 107 Å². The Bertz CT molecular complexity index is 752. The number of primary amides is 1. The van der Waals surface area contributed by atoms with Gasteiger partial charge in [0.25, 0.3) is 16.0 Å². The number of aromatic nitrogens is 3. The Hall–Kier alpha value is -2.46. The zero-order valence-electron chi connectivity index (χ0n) is 9.36. The quantitative estimate of drug-likeness (QED) is 0.431. The fraction of sp³-hybridized carbons (Fsp3) is 0. The third kappa shape index (κ3) is 2.39. The lowest BCUT2D eigenvalue weighted by Gasteiger charge is -2.04. The molecule has 0 radical (unpaired) electrons. The molecule has 6 N–H and O–H groups in total. The van der Waals surface area contributed by atoms with E-state index >= 15 is 0 Å². The van der Waals surface area contributed by atoms with E-state index in [-0.39, 0.29) is 17.1 Å². The van der Waals surface area contributed by atoms with Gasteiger partial charge < -0.3 is 11.5 Å². The molecule has 0 fully saturated rings. The summed E-state index contributed by atoms with van der Waals surface area (Å²) in [5, 5.41) is 9.54. The summed E-state index contributed by atoms with van der Waals surface area (Å²) in [5.41, 5.74) is 10.8. The highest BCUT2D eigenvalue weighted by atomic mass is 32.2. The summed E-state index contributed by atoms with van der Waals surface area (Å²) in [5.74, 6) is -0.791. The van der Waals surface area contributed by atoms with Crippen molar-refractivity contribution >= 4 is 21.7 Å². The lowest BCUT2D eigenvalue weighted by molar-refractivity contribution is 0.0996. The number of H-pyrrole nitrogens is 1. The minimum absolute atomic E-state index is 0.0981. The number of nitrogens with one attached hydrogen (secondary N) is 1. The van der Waals surface area contributed by atoms with Crippen molar-refractivity contribution in [2.75, 3.05) is 5.73 Å². The van der Waals surface area contributed by atoms with E-state index in [0.29, 0.717) is 5.56 Å². The lowest BCUT2D eigenvalue weighted by atomic mass is 10.1. The maximum absolute atomic E-state index is 11.1. The Morgan fingerprint density at radius 1 is 1.32 bits per heavy atom. The Morgan fingerprint density at radius 2 is 2.00 bits per heavy atom. The van der Waals surface area contributed by atoms with Crippen LogP contribution >= 0.6 is 0 Å². The number of rotatable bonds is 3. The van der Waals surface area contributed by atoms with Crippen molar-refractivity contribution < 1.29 is 17.8 Å². The van der Waals surface area contributed by atoms with Crippen LogP contribution in [0.2, 0.25) is 0 Å². The van der Waals surface area contributed by atoms with Crippen LogP contribution in [0.15, 0.2) is 23.1 Å². The van der Waals surface area contributed by atoms with Crippen molar-refractivity contribution in [3.05, 3.63) is 23.9 Å². The number of aromatic amines is 1. The maximum Gasteiger partial charge on any atom is 0.296 e. The molecule has 0 bridgehead atoms. The topological polar surface area (TPSA) is 165 Å². The second-order valence-electron chi connectivity index (χ2n) is 3.61. The second-order valence-corrected chi connectivity index (χ2v) is 5.00. The molecule has 0 aliphatic rings. The number of nitrogen functional groups attached to an aromatic ring is 1. The van der Waals surface area contributed by atoms with Crippen LogP contribution in [-0.4, -0.2) is 34.3 Å². The average molecular weight is 283 g/mol. The van der Waals surface area contributed by atoms with Crippen LogP contribution in [0, 0.1) is 0 Å². The minimum Gasteiger partial charge on any atom is -0.398 e. The van der Waals surface area contributed by atoms with Crippen LogP contribution in [-0.2, 0) is 10.1 Å². The molecular formula is C9H9N5O4S. The van der Waals surface area contributed by atoms with Crippen molar-refractivity contribution in [1.29, 1.82) is 0 Å². The van der Waals surface area contributed by atoms with Crippen molar-refractivity contribution in [3.63, 3.8) is 0 Å². The highest BCUT2D eigenvalue weighted by molar-refractivity contribution is 7.86. The third-order valence-corrected chi connectivity index (χ3v) is 3.27. The SMILES string of the molecule is NC(=O)c1n[nH]nc1-c1ccc(S(=O)(=O)O)c(N)c1. The Morgan fingerprint density at radius 3 is 2.53 bits per heavy atom. The molecule has 0 saturated heterocycles. The number of nitrogens with zero attached hydrogens (tertiary/aromatic N) is 2. The standard InChI is InChI=1S/C9H9N5O4S/c10-5-3-4(1-2-6(5)19(16,17)18)7-8(9(11)15)13-14-12-7/h1-3H,10H2,(H2,11,15)(H,12,13,14)(H,16,17,18). The first-order chi connectivity index (χ1) is 8.80. The van der Waals surface area contributed by atoms with Crippen LogP contribution in [0.25, 0.3) is 11.3 Å². The van der Waals surface area contributed by atoms with E-state index in [1.807, 2.05) is 0 Å². The normalized spacial score (nSPS) is 11.4. The molecule has 0 saturated carbocycles. The van der Waals surface area contributed by atoms with Gasteiger partial charge >= 0.3 is 0 Å². The summed E-state index contributed by atoms with van der Waals surface area (Å²) < 4.78 is 30.9.